The zero-order chi connectivity index (χ0) is 22.9. The van der Waals surface area contributed by atoms with Gasteiger partial charge in [-0.3, -0.25) is 9.36 Å². The predicted octanol–water partition coefficient (Wildman–Crippen LogP) is 3.81. The van der Waals surface area contributed by atoms with Crippen molar-refractivity contribution < 1.29 is 19.0 Å². The first kappa shape index (κ1) is 19.8. The Labute approximate surface area is 187 Å². The summed E-state index contributed by atoms with van der Waals surface area (Å²) in [7, 11) is 0. The van der Waals surface area contributed by atoms with E-state index in [2.05, 4.69) is 0 Å². The van der Waals surface area contributed by atoms with E-state index in [0.29, 0.717) is 22.5 Å². The van der Waals surface area contributed by atoms with Crippen molar-refractivity contribution in [3.63, 3.8) is 0 Å². The number of pyridine rings is 2. The standard InChI is InChI=1S/C26H19FN2O4/c1-2-26(32)18-12-21-22-16(11-14-7-3-6-10-20(14)28-22)23(15-8-4-5-9-19(15)27)29(21)24(30)17(18)13-33-25(26)31/h3-12,23,32H,2,13H2,1H3/t23?,26-/m0/s1. The van der Waals surface area contributed by atoms with Crippen LogP contribution in [-0.4, -0.2) is 20.6 Å². The van der Waals surface area contributed by atoms with Crippen LogP contribution in [0.25, 0.3) is 22.3 Å². The summed E-state index contributed by atoms with van der Waals surface area (Å²) in [5, 5.41) is 12.0. The fourth-order valence-corrected chi connectivity index (χ4v) is 5.00. The summed E-state index contributed by atoms with van der Waals surface area (Å²) in [4.78, 5) is 31.0. The molecule has 4 heterocycles. The molecule has 1 N–H and O–H groups in total. The Morgan fingerprint density at radius 1 is 1.12 bits per heavy atom. The van der Waals surface area contributed by atoms with Crippen molar-refractivity contribution in [3.05, 3.63) is 99.1 Å². The van der Waals surface area contributed by atoms with Gasteiger partial charge in [0.2, 0.25) is 0 Å². The first-order valence-electron chi connectivity index (χ1n) is 10.8. The number of hydrogen-bond acceptors (Lipinski definition) is 5. The number of cyclic esters (lactones) is 1. The van der Waals surface area contributed by atoms with Gasteiger partial charge in [0.15, 0.2) is 5.60 Å². The highest BCUT2D eigenvalue weighted by molar-refractivity contribution is 5.87. The van der Waals surface area contributed by atoms with Gasteiger partial charge in [-0.25, -0.2) is 14.2 Å². The molecule has 1 unspecified atom stereocenters. The number of aromatic nitrogens is 2. The van der Waals surface area contributed by atoms with Gasteiger partial charge in [-0.2, -0.15) is 0 Å². The third kappa shape index (κ3) is 2.60. The van der Waals surface area contributed by atoms with Crippen LogP contribution in [0.5, 0.6) is 0 Å². The maximum atomic E-state index is 15.0. The molecule has 2 aromatic carbocycles. The van der Waals surface area contributed by atoms with Crippen molar-refractivity contribution in [2.45, 2.75) is 31.6 Å². The maximum Gasteiger partial charge on any atom is 0.343 e. The molecule has 164 valence electrons. The largest absolute Gasteiger partial charge is 0.458 e. The van der Waals surface area contributed by atoms with E-state index in [9.17, 15) is 19.1 Å². The van der Waals surface area contributed by atoms with Crippen molar-refractivity contribution in [1.29, 1.82) is 0 Å². The number of ether oxygens (including phenoxy) is 1. The minimum atomic E-state index is -1.92. The van der Waals surface area contributed by atoms with E-state index in [1.54, 1.807) is 31.2 Å². The minimum Gasteiger partial charge on any atom is -0.458 e. The Kier molecular flexibility index (Phi) is 4.10. The van der Waals surface area contributed by atoms with Gasteiger partial charge in [0, 0.05) is 22.1 Å². The lowest BCUT2D eigenvalue weighted by Gasteiger charge is -2.32. The predicted molar refractivity (Wildman–Crippen MR) is 119 cm³/mol. The summed E-state index contributed by atoms with van der Waals surface area (Å²) < 4.78 is 21.7. The summed E-state index contributed by atoms with van der Waals surface area (Å²) in [6, 6.07) is 16.7. The molecule has 2 aliphatic heterocycles. The summed E-state index contributed by atoms with van der Waals surface area (Å²) in [5.74, 6) is -1.22. The van der Waals surface area contributed by atoms with E-state index in [-0.39, 0.29) is 24.2 Å². The molecule has 0 saturated carbocycles. The normalized spacial score (nSPS) is 20.8. The number of aliphatic hydroxyl groups is 1. The molecule has 0 saturated heterocycles. The van der Waals surface area contributed by atoms with Crippen molar-refractivity contribution in [3.8, 4) is 11.4 Å². The number of halogens is 1. The van der Waals surface area contributed by atoms with Gasteiger partial charge in [0.05, 0.1) is 28.5 Å². The lowest BCUT2D eigenvalue weighted by Crippen LogP contribution is -2.44. The molecule has 7 heteroatoms. The first-order chi connectivity index (χ1) is 15.9. The van der Waals surface area contributed by atoms with Crippen molar-refractivity contribution in [2.24, 2.45) is 0 Å². The van der Waals surface area contributed by atoms with Crippen molar-refractivity contribution in [1.82, 2.24) is 9.55 Å². The monoisotopic (exact) mass is 442 g/mol. The highest BCUT2D eigenvalue weighted by Crippen LogP contribution is 2.45. The summed E-state index contributed by atoms with van der Waals surface area (Å²) in [6.45, 7) is 1.41. The van der Waals surface area contributed by atoms with E-state index in [1.807, 2.05) is 30.3 Å². The van der Waals surface area contributed by atoms with Gasteiger partial charge in [-0.15, -0.1) is 0 Å². The third-order valence-corrected chi connectivity index (χ3v) is 6.73. The molecule has 0 amide bonds. The number of fused-ring (bicyclic) bond motifs is 5. The topological polar surface area (TPSA) is 81.4 Å². The van der Waals surface area contributed by atoms with Crippen LogP contribution in [0.4, 0.5) is 4.39 Å². The molecular formula is C26H19FN2O4. The number of carbonyl (C=O) groups is 1. The van der Waals surface area contributed by atoms with E-state index in [1.165, 1.54) is 10.6 Å². The number of carbonyl (C=O) groups excluding carboxylic acids is 1. The average Bonchev–Trinajstić information content (AvgIpc) is 3.14. The first-order valence-corrected chi connectivity index (χ1v) is 10.8. The van der Waals surface area contributed by atoms with Crippen LogP contribution in [0.15, 0.2) is 65.5 Å². The number of benzene rings is 2. The molecule has 33 heavy (non-hydrogen) atoms. The van der Waals surface area contributed by atoms with Crippen LogP contribution in [0, 0.1) is 5.82 Å². The average molecular weight is 442 g/mol. The van der Waals surface area contributed by atoms with Crippen LogP contribution in [-0.2, 0) is 21.7 Å². The van der Waals surface area contributed by atoms with Crippen molar-refractivity contribution >= 4 is 16.9 Å². The highest BCUT2D eigenvalue weighted by Gasteiger charge is 2.46. The second-order valence-electron chi connectivity index (χ2n) is 8.43. The summed E-state index contributed by atoms with van der Waals surface area (Å²) in [6.07, 6.45) is 0.0521. The molecule has 6 nitrogen and oxygen atoms in total. The number of esters is 1. The van der Waals surface area contributed by atoms with E-state index in [4.69, 9.17) is 9.72 Å². The number of hydrogen-bond donors (Lipinski definition) is 1. The van der Waals surface area contributed by atoms with Crippen LogP contribution in [0.3, 0.4) is 0 Å². The van der Waals surface area contributed by atoms with Gasteiger partial charge in [-0.05, 0) is 30.7 Å². The summed E-state index contributed by atoms with van der Waals surface area (Å²) >= 11 is 0. The fourth-order valence-electron chi connectivity index (χ4n) is 5.00. The van der Waals surface area contributed by atoms with Crippen LogP contribution in [0.2, 0.25) is 0 Å². The molecule has 2 atom stereocenters. The number of rotatable bonds is 2. The van der Waals surface area contributed by atoms with Gasteiger partial charge in [0.1, 0.15) is 12.4 Å². The lowest BCUT2D eigenvalue weighted by molar-refractivity contribution is -0.172. The molecule has 0 radical (unpaired) electrons. The SMILES string of the molecule is CC[C@@]1(O)C(=O)OCc2c1cc1n(c2=O)C(c2ccccc2F)c2cc3ccccc3nc2-1. The third-order valence-electron chi connectivity index (χ3n) is 6.73. The van der Waals surface area contributed by atoms with Crippen LogP contribution < -0.4 is 5.56 Å². The molecule has 0 fully saturated rings. The smallest absolute Gasteiger partial charge is 0.343 e. The Morgan fingerprint density at radius 2 is 1.88 bits per heavy atom. The Morgan fingerprint density at radius 3 is 2.67 bits per heavy atom. The zero-order valence-corrected chi connectivity index (χ0v) is 17.7. The highest BCUT2D eigenvalue weighted by atomic mass is 19.1. The second kappa shape index (κ2) is 6.83. The van der Waals surface area contributed by atoms with E-state index >= 15 is 0 Å². The van der Waals surface area contributed by atoms with Crippen LogP contribution >= 0.6 is 0 Å². The zero-order valence-electron chi connectivity index (χ0n) is 17.7. The van der Waals surface area contributed by atoms with Crippen LogP contribution in [0.1, 0.15) is 41.6 Å². The molecule has 0 bridgehead atoms. The van der Waals surface area contributed by atoms with E-state index in [0.717, 1.165) is 10.9 Å². The van der Waals surface area contributed by atoms with Gasteiger partial charge in [0.25, 0.3) is 5.56 Å². The molecule has 0 aliphatic carbocycles. The molecule has 6 rings (SSSR count). The van der Waals surface area contributed by atoms with Crippen molar-refractivity contribution in [2.75, 3.05) is 0 Å². The van der Waals surface area contributed by atoms with Gasteiger partial charge in [-0.1, -0.05) is 43.3 Å². The minimum absolute atomic E-state index is 0.0521. The molecule has 4 aromatic rings. The molecule has 2 aliphatic rings. The Hall–Kier alpha value is -3.84. The quantitative estimate of drug-likeness (QED) is 0.421. The lowest BCUT2D eigenvalue weighted by atomic mass is 9.86. The Balaban J connectivity index is 1.74. The number of nitrogens with zero attached hydrogens (tertiary/aromatic N) is 2. The van der Waals surface area contributed by atoms with Gasteiger partial charge < -0.3 is 9.84 Å². The molecular weight excluding hydrogens is 423 g/mol. The molecule has 0 spiro atoms. The summed E-state index contributed by atoms with van der Waals surface area (Å²) in [5.41, 5.74) is 0.794. The number of para-hydroxylation sites is 1. The second-order valence-corrected chi connectivity index (χ2v) is 8.43. The molecule has 2 aromatic heterocycles. The Bertz CT molecular complexity index is 1540. The maximum absolute atomic E-state index is 15.0. The fraction of sp³-hybridized carbons (Fsp3) is 0.192. The van der Waals surface area contributed by atoms with E-state index < -0.39 is 29.0 Å². The van der Waals surface area contributed by atoms with Gasteiger partial charge >= 0.3 is 5.97 Å².